The number of hydrogen-bond donors (Lipinski definition) is 2. The molecule has 0 aliphatic heterocycles. The van der Waals surface area contributed by atoms with Gasteiger partial charge in [-0.2, -0.15) is 0 Å². The van der Waals surface area contributed by atoms with Crippen molar-refractivity contribution in [3.63, 3.8) is 0 Å². The van der Waals surface area contributed by atoms with Crippen molar-refractivity contribution in [2.45, 2.75) is 6.54 Å². The highest BCUT2D eigenvalue weighted by molar-refractivity contribution is 5.77. The molecule has 1 amide bonds. The fourth-order valence-corrected chi connectivity index (χ4v) is 1.16. The van der Waals surface area contributed by atoms with E-state index in [0.717, 1.165) is 5.56 Å². The van der Waals surface area contributed by atoms with E-state index in [2.05, 4.69) is 16.6 Å². The van der Waals surface area contributed by atoms with Crippen molar-refractivity contribution in [1.29, 1.82) is 0 Å². The summed E-state index contributed by atoms with van der Waals surface area (Å²) in [6.45, 7) is 0.835. The van der Waals surface area contributed by atoms with Crippen molar-refractivity contribution in [2.24, 2.45) is 0 Å². The summed E-state index contributed by atoms with van der Waals surface area (Å²) in [5.41, 5.74) is 0.727. The maximum atomic E-state index is 12.8. The van der Waals surface area contributed by atoms with Gasteiger partial charge in [-0.15, -0.1) is 6.42 Å². The molecule has 0 aliphatic rings. The number of nitrogens with one attached hydrogen (secondary N) is 2. The molecule has 0 aliphatic carbocycles. The molecule has 0 spiro atoms. The third-order valence-electron chi connectivity index (χ3n) is 1.89. The van der Waals surface area contributed by atoms with E-state index < -0.39 is 0 Å². The summed E-state index contributed by atoms with van der Waals surface area (Å²) in [6, 6.07) is 6.10. The lowest BCUT2D eigenvalue weighted by Crippen LogP contribution is -2.33. The Balaban J connectivity index is 2.29. The maximum absolute atomic E-state index is 12.8. The molecule has 0 radical (unpaired) electrons. The largest absolute Gasteiger partial charge is 0.351 e. The van der Waals surface area contributed by atoms with Crippen molar-refractivity contribution < 1.29 is 9.18 Å². The minimum absolute atomic E-state index is 0.166. The Morgan fingerprint density at radius 1 is 1.50 bits per heavy atom. The van der Waals surface area contributed by atoms with Gasteiger partial charge in [-0.1, -0.05) is 18.1 Å². The molecule has 1 rings (SSSR count). The SMILES string of the molecule is C#CCNCC(=O)NCc1cccc(F)c1. The van der Waals surface area contributed by atoms with E-state index in [1.165, 1.54) is 12.1 Å². The molecular formula is C12H13FN2O. The molecule has 0 saturated heterocycles. The van der Waals surface area contributed by atoms with E-state index in [1.807, 2.05) is 0 Å². The monoisotopic (exact) mass is 220 g/mol. The molecule has 1 aromatic carbocycles. The summed E-state index contributed by atoms with van der Waals surface area (Å²) in [6.07, 6.45) is 5.01. The molecule has 1 aromatic rings. The second kappa shape index (κ2) is 6.59. The Morgan fingerprint density at radius 3 is 3.00 bits per heavy atom. The zero-order valence-electron chi connectivity index (χ0n) is 8.79. The standard InChI is InChI=1S/C12H13FN2O/c1-2-6-14-9-12(16)15-8-10-4-3-5-11(13)7-10/h1,3-5,7,14H,6,8-9H2,(H,15,16). The Labute approximate surface area is 94.0 Å². The van der Waals surface area contributed by atoms with E-state index >= 15 is 0 Å². The summed E-state index contributed by atoms with van der Waals surface area (Å²) in [7, 11) is 0. The van der Waals surface area contributed by atoms with Crippen molar-refractivity contribution in [3.05, 3.63) is 35.6 Å². The third kappa shape index (κ3) is 4.58. The van der Waals surface area contributed by atoms with E-state index in [1.54, 1.807) is 12.1 Å². The topological polar surface area (TPSA) is 41.1 Å². The van der Waals surface area contributed by atoms with E-state index in [-0.39, 0.29) is 18.3 Å². The smallest absolute Gasteiger partial charge is 0.234 e. The van der Waals surface area contributed by atoms with Crippen LogP contribution in [0.2, 0.25) is 0 Å². The summed E-state index contributed by atoms with van der Waals surface area (Å²) in [5, 5.41) is 5.41. The zero-order valence-corrected chi connectivity index (χ0v) is 8.79. The van der Waals surface area contributed by atoms with Gasteiger partial charge in [0.1, 0.15) is 5.82 Å². The van der Waals surface area contributed by atoms with Gasteiger partial charge < -0.3 is 5.32 Å². The third-order valence-corrected chi connectivity index (χ3v) is 1.89. The molecule has 0 fully saturated rings. The first kappa shape index (κ1) is 12.2. The fourth-order valence-electron chi connectivity index (χ4n) is 1.16. The Hall–Kier alpha value is -1.86. The van der Waals surface area contributed by atoms with Gasteiger partial charge in [0.25, 0.3) is 0 Å². The molecule has 0 atom stereocenters. The number of halogens is 1. The molecule has 16 heavy (non-hydrogen) atoms. The lowest BCUT2D eigenvalue weighted by atomic mass is 10.2. The molecule has 0 aromatic heterocycles. The quantitative estimate of drug-likeness (QED) is 0.565. The van der Waals surface area contributed by atoms with Crippen LogP contribution in [0.1, 0.15) is 5.56 Å². The Kier molecular flexibility index (Phi) is 5.03. The van der Waals surface area contributed by atoms with Crippen LogP contribution >= 0.6 is 0 Å². The molecular weight excluding hydrogens is 207 g/mol. The van der Waals surface area contributed by atoms with Gasteiger partial charge in [-0.25, -0.2) is 4.39 Å². The number of carbonyl (C=O) groups excluding carboxylic acids is 1. The summed E-state index contributed by atoms with van der Waals surface area (Å²) in [5.74, 6) is 1.89. The van der Waals surface area contributed by atoms with E-state index in [0.29, 0.717) is 13.1 Å². The van der Waals surface area contributed by atoms with Gasteiger partial charge in [0.2, 0.25) is 5.91 Å². The van der Waals surface area contributed by atoms with Crippen LogP contribution in [0.3, 0.4) is 0 Å². The highest BCUT2D eigenvalue weighted by Gasteiger charge is 2.00. The molecule has 84 valence electrons. The number of benzene rings is 1. The molecule has 0 heterocycles. The zero-order chi connectivity index (χ0) is 11.8. The Morgan fingerprint density at radius 2 is 2.31 bits per heavy atom. The number of carbonyl (C=O) groups is 1. The van der Waals surface area contributed by atoms with E-state index in [4.69, 9.17) is 6.42 Å². The van der Waals surface area contributed by atoms with Crippen LogP contribution in [0.5, 0.6) is 0 Å². The number of terminal acetylenes is 1. The second-order valence-electron chi connectivity index (χ2n) is 3.21. The van der Waals surface area contributed by atoms with Crippen molar-refractivity contribution in [2.75, 3.05) is 13.1 Å². The molecule has 0 saturated carbocycles. The van der Waals surface area contributed by atoms with Crippen LogP contribution in [-0.2, 0) is 11.3 Å². The van der Waals surface area contributed by atoms with Crippen molar-refractivity contribution in [1.82, 2.24) is 10.6 Å². The molecule has 2 N–H and O–H groups in total. The predicted molar refractivity (Wildman–Crippen MR) is 59.9 cm³/mol. The summed E-state index contributed by atoms with van der Waals surface area (Å²) < 4.78 is 12.8. The number of hydrogen-bond acceptors (Lipinski definition) is 2. The average molecular weight is 220 g/mol. The minimum atomic E-state index is -0.308. The van der Waals surface area contributed by atoms with Crippen LogP contribution in [0.4, 0.5) is 4.39 Å². The lowest BCUT2D eigenvalue weighted by Gasteiger charge is -2.05. The maximum Gasteiger partial charge on any atom is 0.234 e. The molecule has 3 nitrogen and oxygen atoms in total. The van der Waals surface area contributed by atoms with Crippen LogP contribution in [0.25, 0.3) is 0 Å². The molecule has 0 bridgehead atoms. The van der Waals surface area contributed by atoms with Crippen LogP contribution in [0, 0.1) is 18.2 Å². The van der Waals surface area contributed by atoms with Gasteiger partial charge in [-0.05, 0) is 17.7 Å². The minimum Gasteiger partial charge on any atom is -0.351 e. The van der Waals surface area contributed by atoms with Gasteiger partial charge in [-0.3, -0.25) is 10.1 Å². The number of amides is 1. The van der Waals surface area contributed by atoms with Crippen molar-refractivity contribution >= 4 is 5.91 Å². The van der Waals surface area contributed by atoms with Crippen LogP contribution < -0.4 is 10.6 Å². The number of rotatable bonds is 5. The normalized spacial score (nSPS) is 9.50. The van der Waals surface area contributed by atoms with Gasteiger partial charge in [0.15, 0.2) is 0 Å². The first-order chi connectivity index (χ1) is 7.72. The van der Waals surface area contributed by atoms with Crippen LogP contribution in [-0.4, -0.2) is 19.0 Å². The molecule has 0 unspecified atom stereocenters. The first-order valence-electron chi connectivity index (χ1n) is 4.87. The highest BCUT2D eigenvalue weighted by Crippen LogP contribution is 2.02. The highest BCUT2D eigenvalue weighted by atomic mass is 19.1. The molecule has 4 heteroatoms. The summed E-state index contributed by atoms with van der Waals surface area (Å²) in [4.78, 5) is 11.2. The van der Waals surface area contributed by atoms with E-state index in [9.17, 15) is 9.18 Å². The second-order valence-corrected chi connectivity index (χ2v) is 3.21. The predicted octanol–water partition coefficient (Wildman–Crippen LogP) is 0.665. The lowest BCUT2D eigenvalue weighted by molar-refractivity contribution is -0.120. The summed E-state index contributed by atoms with van der Waals surface area (Å²) >= 11 is 0. The van der Waals surface area contributed by atoms with Gasteiger partial charge >= 0.3 is 0 Å². The van der Waals surface area contributed by atoms with Crippen LogP contribution in [0.15, 0.2) is 24.3 Å². The Bertz CT molecular complexity index is 398. The average Bonchev–Trinajstić information content (AvgIpc) is 2.27. The first-order valence-corrected chi connectivity index (χ1v) is 4.87. The van der Waals surface area contributed by atoms with Crippen molar-refractivity contribution in [3.8, 4) is 12.3 Å². The van der Waals surface area contributed by atoms with Gasteiger partial charge in [0, 0.05) is 6.54 Å². The van der Waals surface area contributed by atoms with Gasteiger partial charge in [0.05, 0.1) is 13.1 Å². The fraction of sp³-hybridized carbons (Fsp3) is 0.250.